The second-order valence-corrected chi connectivity index (χ2v) is 11.6. The second kappa shape index (κ2) is 12.8. The first-order chi connectivity index (χ1) is 18.0. The Hall–Kier alpha value is -2.78. The lowest BCUT2D eigenvalue weighted by Crippen LogP contribution is -2.51. The summed E-state index contributed by atoms with van der Waals surface area (Å²) in [4.78, 5) is 28.1. The van der Waals surface area contributed by atoms with E-state index in [-0.39, 0.29) is 29.5 Å². The first kappa shape index (κ1) is 29.8. The number of likely N-dealkylation sites (N-methyl/N-ethyl adjacent to an activating group) is 1. The Bertz CT molecular complexity index is 1420. The van der Waals surface area contributed by atoms with Gasteiger partial charge in [-0.2, -0.15) is 0 Å². The van der Waals surface area contributed by atoms with E-state index in [9.17, 15) is 18.0 Å². The van der Waals surface area contributed by atoms with Crippen molar-refractivity contribution in [2.24, 2.45) is 0 Å². The Labute approximate surface area is 238 Å². The van der Waals surface area contributed by atoms with Crippen molar-refractivity contribution in [2.45, 2.75) is 37.8 Å². The van der Waals surface area contributed by atoms with Crippen molar-refractivity contribution in [2.75, 3.05) is 17.9 Å². The van der Waals surface area contributed by atoms with Crippen molar-refractivity contribution in [3.8, 4) is 0 Å². The van der Waals surface area contributed by atoms with Gasteiger partial charge in [-0.05, 0) is 60.9 Å². The van der Waals surface area contributed by atoms with E-state index >= 15 is 0 Å². The molecule has 0 saturated carbocycles. The van der Waals surface area contributed by atoms with Crippen LogP contribution in [-0.2, 0) is 26.2 Å². The summed E-state index contributed by atoms with van der Waals surface area (Å²) in [5.41, 5.74) is 1.31. The van der Waals surface area contributed by atoms with Crippen molar-refractivity contribution >= 4 is 62.3 Å². The van der Waals surface area contributed by atoms with Crippen LogP contribution < -0.4 is 9.62 Å². The van der Waals surface area contributed by atoms with E-state index in [1.807, 2.05) is 0 Å². The summed E-state index contributed by atoms with van der Waals surface area (Å²) in [6, 6.07) is 16.6. The molecule has 1 N–H and O–H groups in total. The average Bonchev–Trinajstić information content (AvgIpc) is 2.90. The molecular formula is C27H28Cl3N3O4S. The zero-order chi connectivity index (χ0) is 28.0. The van der Waals surface area contributed by atoms with E-state index in [1.165, 1.54) is 24.1 Å². The third kappa shape index (κ3) is 6.61. The SMILES string of the molecule is CC[C@@H](C(=O)NC)N(Cc1ccc(Cl)cc1Cl)C(=O)CN(c1cccc(Cl)c1C)S(=O)(=O)c1ccccc1. The number of anilines is 1. The van der Waals surface area contributed by atoms with Crippen LogP contribution in [0.4, 0.5) is 5.69 Å². The molecule has 0 unspecified atom stereocenters. The van der Waals surface area contributed by atoms with E-state index < -0.39 is 28.5 Å². The van der Waals surface area contributed by atoms with Crippen LogP contribution in [-0.4, -0.2) is 44.8 Å². The normalized spacial score (nSPS) is 12.1. The van der Waals surface area contributed by atoms with Gasteiger partial charge < -0.3 is 10.2 Å². The lowest BCUT2D eigenvalue weighted by atomic mass is 10.1. The lowest BCUT2D eigenvalue weighted by molar-refractivity contribution is -0.140. The minimum absolute atomic E-state index is 0.0119. The van der Waals surface area contributed by atoms with Gasteiger partial charge in [0.25, 0.3) is 10.0 Å². The highest BCUT2D eigenvalue weighted by Gasteiger charge is 2.34. The highest BCUT2D eigenvalue weighted by molar-refractivity contribution is 7.92. The standard InChI is InChI=1S/C27H28Cl3N3O4S/c1-4-24(27(35)31-3)32(16-19-13-14-20(28)15-23(19)30)26(34)17-33(25-12-8-11-22(29)18(25)2)38(36,37)21-9-6-5-7-10-21/h5-15,24H,4,16-17H2,1-3H3,(H,31,35)/t24-/m0/s1. The number of nitrogens with zero attached hydrogens (tertiary/aromatic N) is 2. The molecule has 3 rings (SSSR count). The summed E-state index contributed by atoms with van der Waals surface area (Å²) in [6.45, 7) is 2.84. The van der Waals surface area contributed by atoms with E-state index in [2.05, 4.69) is 5.32 Å². The molecule has 0 heterocycles. The maximum atomic E-state index is 13.9. The molecule has 0 spiro atoms. The van der Waals surface area contributed by atoms with Crippen LogP contribution in [0.25, 0.3) is 0 Å². The fourth-order valence-electron chi connectivity index (χ4n) is 4.02. The van der Waals surface area contributed by atoms with Crippen LogP contribution in [0.2, 0.25) is 15.1 Å². The number of hydrogen-bond donors (Lipinski definition) is 1. The molecule has 7 nitrogen and oxygen atoms in total. The number of sulfonamides is 1. The molecule has 0 saturated heterocycles. The quantitative estimate of drug-likeness (QED) is 0.325. The summed E-state index contributed by atoms with van der Waals surface area (Å²) in [7, 11) is -2.71. The van der Waals surface area contributed by atoms with E-state index in [0.717, 1.165) is 4.31 Å². The van der Waals surface area contributed by atoms with Gasteiger partial charge in [-0.25, -0.2) is 8.42 Å². The van der Waals surface area contributed by atoms with Crippen LogP contribution >= 0.6 is 34.8 Å². The Balaban J connectivity index is 2.11. The summed E-state index contributed by atoms with van der Waals surface area (Å²) < 4.78 is 28.7. The molecule has 3 aromatic carbocycles. The summed E-state index contributed by atoms with van der Waals surface area (Å²) in [6.07, 6.45) is 0.290. The van der Waals surface area contributed by atoms with E-state index in [1.54, 1.807) is 68.4 Å². The molecule has 38 heavy (non-hydrogen) atoms. The fraction of sp³-hybridized carbons (Fsp3) is 0.259. The van der Waals surface area contributed by atoms with Gasteiger partial charge in [-0.3, -0.25) is 13.9 Å². The molecule has 0 aliphatic rings. The second-order valence-electron chi connectivity index (χ2n) is 8.50. The third-order valence-electron chi connectivity index (χ3n) is 6.11. The van der Waals surface area contributed by atoms with Crippen molar-refractivity contribution in [3.63, 3.8) is 0 Å². The Kier molecular flexibility index (Phi) is 10.1. The van der Waals surface area contributed by atoms with Gasteiger partial charge in [-0.15, -0.1) is 0 Å². The number of carbonyl (C=O) groups excluding carboxylic acids is 2. The van der Waals surface area contributed by atoms with Gasteiger partial charge in [0, 0.05) is 28.7 Å². The third-order valence-corrected chi connectivity index (χ3v) is 8.88. The molecule has 0 aliphatic heterocycles. The van der Waals surface area contributed by atoms with Crippen LogP contribution in [0.3, 0.4) is 0 Å². The highest BCUT2D eigenvalue weighted by atomic mass is 35.5. The predicted octanol–water partition coefficient (Wildman–Crippen LogP) is 5.70. The molecule has 0 bridgehead atoms. The van der Waals surface area contributed by atoms with Crippen molar-refractivity contribution in [3.05, 3.63) is 92.9 Å². The number of benzene rings is 3. The minimum Gasteiger partial charge on any atom is -0.357 e. The molecule has 0 fully saturated rings. The first-order valence-electron chi connectivity index (χ1n) is 11.8. The summed E-state index contributed by atoms with van der Waals surface area (Å²) >= 11 is 18.8. The minimum atomic E-state index is -4.18. The molecule has 0 aromatic heterocycles. The maximum Gasteiger partial charge on any atom is 0.264 e. The Morgan fingerprint density at radius 2 is 1.63 bits per heavy atom. The molecule has 1 atom stereocenters. The van der Waals surface area contributed by atoms with Gasteiger partial charge in [0.05, 0.1) is 10.6 Å². The summed E-state index contributed by atoms with van der Waals surface area (Å²) in [5.74, 6) is -0.979. The number of rotatable bonds is 10. The highest BCUT2D eigenvalue weighted by Crippen LogP contribution is 2.31. The van der Waals surface area contributed by atoms with Gasteiger partial charge >= 0.3 is 0 Å². The number of nitrogens with one attached hydrogen (secondary N) is 1. The number of amides is 2. The van der Waals surface area contributed by atoms with Crippen molar-refractivity contribution < 1.29 is 18.0 Å². The summed E-state index contributed by atoms with van der Waals surface area (Å²) in [5, 5.41) is 3.68. The maximum absolute atomic E-state index is 13.9. The van der Waals surface area contributed by atoms with Crippen LogP contribution in [0.5, 0.6) is 0 Å². The first-order valence-corrected chi connectivity index (χ1v) is 14.4. The Morgan fingerprint density at radius 1 is 0.947 bits per heavy atom. The topological polar surface area (TPSA) is 86.8 Å². The van der Waals surface area contributed by atoms with Gasteiger partial charge in [0.1, 0.15) is 12.6 Å². The molecule has 2 amide bonds. The molecule has 11 heteroatoms. The van der Waals surface area contributed by atoms with Crippen LogP contribution in [0, 0.1) is 6.92 Å². The van der Waals surface area contributed by atoms with Gasteiger partial charge in [0.2, 0.25) is 11.8 Å². The van der Waals surface area contributed by atoms with E-state index in [0.29, 0.717) is 26.2 Å². The zero-order valence-electron chi connectivity index (χ0n) is 21.1. The average molecular weight is 597 g/mol. The Morgan fingerprint density at radius 3 is 2.24 bits per heavy atom. The monoisotopic (exact) mass is 595 g/mol. The predicted molar refractivity (Wildman–Crippen MR) is 152 cm³/mol. The largest absolute Gasteiger partial charge is 0.357 e. The molecular weight excluding hydrogens is 569 g/mol. The van der Waals surface area contributed by atoms with Crippen molar-refractivity contribution in [1.29, 1.82) is 0 Å². The lowest BCUT2D eigenvalue weighted by Gasteiger charge is -2.33. The van der Waals surface area contributed by atoms with Gasteiger partial charge in [0.15, 0.2) is 0 Å². The number of hydrogen-bond acceptors (Lipinski definition) is 4. The van der Waals surface area contributed by atoms with Crippen LogP contribution in [0.1, 0.15) is 24.5 Å². The molecule has 0 radical (unpaired) electrons. The number of halogens is 3. The molecule has 3 aromatic rings. The van der Waals surface area contributed by atoms with Crippen molar-refractivity contribution in [1.82, 2.24) is 10.2 Å². The van der Waals surface area contributed by atoms with Crippen LogP contribution in [0.15, 0.2) is 71.6 Å². The molecule has 202 valence electrons. The fourth-order valence-corrected chi connectivity index (χ4v) is 6.15. The number of carbonyl (C=O) groups is 2. The smallest absolute Gasteiger partial charge is 0.264 e. The molecule has 0 aliphatic carbocycles. The zero-order valence-corrected chi connectivity index (χ0v) is 24.2. The van der Waals surface area contributed by atoms with Gasteiger partial charge in [-0.1, -0.05) is 72.1 Å². The van der Waals surface area contributed by atoms with E-state index in [4.69, 9.17) is 34.8 Å².